The van der Waals surface area contributed by atoms with E-state index in [1.807, 2.05) is 26.8 Å². The Labute approximate surface area is 174 Å². The topological polar surface area (TPSA) is 66.5 Å². The van der Waals surface area contributed by atoms with Gasteiger partial charge in [-0.25, -0.2) is 8.42 Å². The van der Waals surface area contributed by atoms with E-state index >= 15 is 0 Å². The van der Waals surface area contributed by atoms with Gasteiger partial charge in [0.15, 0.2) is 0 Å². The summed E-state index contributed by atoms with van der Waals surface area (Å²) in [6, 6.07) is 10.9. The zero-order chi connectivity index (χ0) is 21.3. The van der Waals surface area contributed by atoms with Gasteiger partial charge in [-0.15, -0.1) is 0 Å². The second-order valence-electron chi connectivity index (χ2n) is 8.19. The first-order valence-corrected chi connectivity index (χ1v) is 11.9. The Bertz CT molecular complexity index is 1010. The normalized spacial score (nSPS) is 15.5. The summed E-state index contributed by atoms with van der Waals surface area (Å²) in [7, 11) is -3.63. The molecule has 0 saturated heterocycles. The number of carbonyl (C=O) groups is 1. The molecule has 156 valence electrons. The lowest BCUT2D eigenvalue weighted by atomic mass is 10.0. The maximum Gasteiger partial charge on any atom is 0.244 e. The number of nitrogens with one attached hydrogen (secondary N) is 1. The fraction of sp³-hybridized carbons (Fsp3) is 0.435. The SMILES string of the molecule is Cc1cc(C)cc(N(C(C)C(=O)NC(C)c2ccc3c(c2)CCC3)S(C)(=O)=O)c1. The average Bonchev–Trinajstić information content (AvgIpc) is 3.07. The molecule has 0 radical (unpaired) electrons. The zero-order valence-corrected chi connectivity index (χ0v) is 18.6. The number of hydrogen-bond donors (Lipinski definition) is 1. The first-order chi connectivity index (χ1) is 13.6. The molecule has 6 heteroatoms. The Hall–Kier alpha value is -2.34. The predicted molar refractivity (Wildman–Crippen MR) is 118 cm³/mol. The lowest BCUT2D eigenvalue weighted by molar-refractivity contribution is -0.122. The van der Waals surface area contributed by atoms with Crippen molar-refractivity contribution in [1.29, 1.82) is 0 Å². The third-order valence-electron chi connectivity index (χ3n) is 5.53. The summed E-state index contributed by atoms with van der Waals surface area (Å²) < 4.78 is 26.3. The number of benzene rings is 2. The van der Waals surface area contributed by atoms with Gasteiger partial charge in [0.2, 0.25) is 15.9 Å². The molecular formula is C23H30N2O3S. The minimum absolute atomic E-state index is 0.198. The standard InChI is InChI=1S/C23H30N2O3S/c1-15-11-16(2)13-22(12-15)25(29(5,27)28)18(4)23(26)24-17(3)20-10-9-19-7-6-8-21(19)14-20/h9-14,17-18H,6-8H2,1-5H3,(H,24,26). The maximum atomic E-state index is 13.0. The molecule has 0 spiro atoms. The van der Waals surface area contributed by atoms with Gasteiger partial charge in [-0.05, 0) is 86.9 Å². The predicted octanol–water partition coefficient (Wildman–Crippen LogP) is 3.82. The summed E-state index contributed by atoms with van der Waals surface area (Å²) in [4.78, 5) is 13.0. The van der Waals surface area contributed by atoms with E-state index in [1.54, 1.807) is 19.1 Å². The van der Waals surface area contributed by atoms with Gasteiger partial charge in [-0.3, -0.25) is 9.10 Å². The minimum Gasteiger partial charge on any atom is -0.348 e. The van der Waals surface area contributed by atoms with Crippen molar-refractivity contribution in [2.24, 2.45) is 0 Å². The van der Waals surface area contributed by atoms with Crippen molar-refractivity contribution in [2.45, 2.75) is 59.0 Å². The molecule has 5 nitrogen and oxygen atoms in total. The number of aryl methyl sites for hydroxylation is 4. The molecule has 2 aromatic carbocycles. The fourth-order valence-corrected chi connectivity index (χ4v) is 5.32. The lowest BCUT2D eigenvalue weighted by Crippen LogP contribution is -2.48. The number of carbonyl (C=O) groups excluding carboxylic acids is 1. The second-order valence-corrected chi connectivity index (χ2v) is 10.1. The molecule has 2 atom stereocenters. The van der Waals surface area contributed by atoms with E-state index < -0.39 is 16.1 Å². The largest absolute Gasteiger partial charge is 0.348 e. The van der Waals surface area contributed by atoms with Crippen LogP contribution in [0.25, 0.3) is 0 Å². The van der Waals surface area contributed by atoms with Crippen LogP contribution in [-0.4, -0.2) is 26.6 Å². The van der Waals surface area contributed by atoms with E-state index in [4.69, 9.17) is 0 Å². The summed E-state index contributed by atoms with van der Waals surface area (Å²) in [5, 5.41) is 2.99. The monoisotopic (exact) mass is 414 g/mol. The van der Waals surface area contributed by atoms with E-state index in [0.29, 0.717) is 5.69 Å². The van der Waals surface area contributed by atoms with Crippen LogP contribution in [0.15, 0.2) is 36.4 Å². The minimum atomic E-state index is -3.63. The molecule has 2 aromatic rings. The van der Waals surface area contributed by atoms with Crippen LogP contribution in [-0.2, 0) is 27.7 Å². The highest BCUT2D eigenvalue weighted by Gasteiger charge is 2.30. The van der Waals surface area contributed by atoms with Gasteiger partial charge in [0.05, 0.1) is 18.0 Å². The smallest absolute Gasteiger partial charge is 0.244 e. The van der Waals surface area contributed by atoms with Gasteiger partial charge in [0, 0.05) is 0 Å². The van der Waals surface area contributed by atoms with E-state index in [2.05, 4.69) is 23.5 Å². The molecular weight excluding hydrogens is 384 g/mol. The number of fused-ring (bicyclic) bond motifs is 1. The molecule has 0 saturated carbocycles. The third-order valence-corrected chi connectivity index (χ3v) is 6.77. The van der Waals surface area contributed by atoms with Crippen molar-refractivity contribution in [3.8, 4) is 0 Å². The molecule has 0 aliphatic heterocycles. The summed E-state index contributed by atoms with van der Waals surface area (Å²) in [5.41, 5.74) is 6.20. The Balaban J connectivity index is 1.82. The van der Waals surface area contributed by atoms with Gasteiger partial charge in [0.1, 0.15) is 6.04 Å². The Morgan fingerprint density at radius 1 is 1.00 bits per heavy atom. The van der Waals surface area contributed by atoms with Crippen LogP contribution in [0.3, 0.4) is 0 Å². The molecule has 1 amide bonds. The molecule has 0 heterocycles. The second kappa shape index (κ2) is 8.19. The summed E-state index contributed by atoms with van der Waals surface area (Å²) in [6.45, 7) is 7.39. The third kappa shape index (κ3) is 4.81. The molecule has 3 rings (SSSR count). The van der Waals surface area contributed by atoms with Crippen LogP contribution < -0.4 is 9.62 Å². The molecule has 1 N–H and O–H groups in total. The van der Waals surface area contributed by atoms with Crippen molar-refractivity contribution in [2.75, 3.05) is 10.6 Å². The lowest BCUT2D eigenvalue weighted by Gasteiger charge is -2.30. The van der Waals surface area contributed by atoms with Crippen LogP contribution in [0, 0.1) is 13.8 Å². The molecule has 1 aliphatic carbocycles. The van der Waals surface area contributed by atoms with Crippen LogP contribution >= 0.6 is 0 Å². The van der Waals surface area contributed by atoms with Gasteiger partial charge in [0.25, 0.3) is 0 Å². The molecule has 0 aromatic heterocycles. The van der Waals surface area contributed by atoms with Crippen LogP contribution in [0.2, 0.25) is 0 Å². The molecule has 0 bridgehead atoms. The first-order valence-electron chi connectivity index (χ1n) is 10.1. The van der Waals surface area contributed by atoms with Crippen molar-refractivity contribution in [3.63, 3.8) is 0 Å². The first kappa shape index (κ1) is 21.4. The summed E-state index contributed by atoms with van der Waals surface area (Å²) in [5.74, 6) is -0.317. The number of nitrogens with zero attached hydrogens (tertiary/aromatic N) is 1. The maximum absolute atomic E-state index is 13.0. The van der Waals surface area contributed by atoms with Crippen LogP contribution in [0.5, 0.6) is 0 Å². The number of anilines is 1. The van der Waals surface area contributed by atoms with Gasteiger partial charge >= 0.3 is 0 Å². The molecule has 1 aliphatic rings. The Morgan fingerprint density at radius 2 is 1.62 bits per heavy atom. The van der Waals surface area contributed by atoms with Crippen LogP contribution in [0.4, 0.5) is 5.69 Å². The highest BCUT2D eigenvalue weighted by Crippen LogP contribution is 2.27. The summed E-state index contributed by atoms with van der Waals surface area (Å²) >= 11 is 0. The van der Waals surface area contributed by atoms with Crippen molar-refractivity contribution >= 4 is 21.6 Å². The van der Waals surface area contributed by atoms with Gasteiger partial charge < -0.3 is 5.32 Å². The number of amides is 1. The van der Waals surface area contributed by atoms with Gasteiger partial charge in [-0.2, -0.15) is 0 Å². The van der Waals surface area contributed by atoms with Gasteiger partial charge in [-0.1, -0.05) is 24.3 Å². The van der Waals surface area contributed by atoms with E-state index in [9.17, 15) is 13.2 Å². The average molecular weight is 415 g/mol. The van der Waals surface area contributed by atoms with E-state index in [0.717, 1.165) is 35.8 Å². The van der Waals surface area contributed by atoms with E-state index in [-0.39, 0.29) is 11.9 Å². The highest BCUT2D eigenvalue weighted by atomic mass is 32.2. The highest BCUT2D eigenvalue weighted by molar-refractivity contribution is 7.92. The van der Waals surface area contributed by atoms with Crippen molar-refractivity contribution in [1.82, 2.24) is 5.32 Å². The Kier molecular flexibility index (Phi) is 6.03. The zero-order valence-electron chi connectivity index (χ0n) is 17.8. The molecule has 29 heavy (non-hydrogen) atoms. The van der Waals surface area contributed by atoms with Crippen molar-refractivity contribution < 1.29 is 13.2 Å². The van der Waals surface area contributed by atoms with Crippen molar-refractivity contribution in [3.05, 3.63) is 64.2 Å². The number of rotatable bonds is 6. The molecule has 0 fully saturated rings. The number of hydrogen-bond acceptors (Lipinski definition) is 3. The molecule has 2 unspecified atom stereocenters. The van der Waals surface area contributed by atoms with E-state index in [1.165, 1.54) is 21.9 Å². The Morgan fingerprint density at radius 3 is 2.24 bits per heavy atom. The van der Waals surface area contributed by atoms with Crippen LogP contribution in [0.1, 0.15) is 54.1 Å². The fourth-order valence-electron chi connectivity index (χ4n) is 4.17. The quantitative estimate of drug-likeness (QED) is 0.781. The summed E-state index contributed by atoms with van der Waals surface area (Å²) in [6.07, 6.45) is 4.51. The number of sulfonamides is 1.